The van der Waals surface area contributed by atoms with Crippen LogP contribution in [0.15, 0.2) is 75.7 Å². The SMILES string of the molecule is CCOC(=O)C1=C(C)N=c2sc(=Cc3cc(C)n(-c4ccc(F)cc4)c3C)c(=O)n2[C@@H]1c1ccccc1OC. The third kappa shape index (κ3) is 4.63. The molecule has 0 N–H and O–H groups in total. The molecule has 0 spiro atoms. The van der Waals surface area contributed by atoms with E-state index in [9.17, 15) is 14.0 Å². The van der Waals surface area contributed by atoms with Gasteiger partial charge in [0, 0.05) is 22.6 Å². The van der Waals surface area contributed by atoms with Gasteiger partial charge in [0.15, 0.2) is 4.80 Å². The molecule has 0 saturated heterocycles. The largest absolute Gasteiger partial charge is 0.496 e. The van der Waals surface area contributed by atoms with Gasteiger partial charge >= 0.3 is 5.97 Å². The van der Waals surface area contributed by atoms with Crippen molar-refractivity contribution in [3.8, 4) is 11.4 Å². The third-order valence-corrected chi connectivity index (χ3v) is 7.78. The zero-order chi connectivity index (χ0) is 27.8. The number of aryl methyl sites for hydroxylation is 1. The number of hydrogen-bond acceptors (Lipinski definition) is 6. The van der Waals surface area contributed by atoms with Crippen molar-refractivity contribution in [1.29, 1.82) is 0 Å². The Labute approximate surface area is 228 Å². The minimum Gasteiger partial charge on any atom is -0.496 e. The highest BCUT2D eigenvalue weighted by molar-refractivity contribution is 7.07. The van der Waals surface area contributed by atoms with Crippen molar-refractivity contribution in [3.63, 3.8) is 0 Å². The van der Waals surface area contributed by atoms with Gasteiger partial charge in [-0.25, -0.2) is 14.2 Å². The highest BCUT2D eigenvalue weighted by atomic mass is 32.1. The normalized spacial score (nSPS) is 15.2. The Kier molecular flexibility index (Phi) is 7.10. The van der Waals surface area contributed by atoms with Crippen molar-refractivity contribution >= 4 is 23.4 Å². The fraction of sp³-hybridized carbons (Fsp3) is 0.233. The molecule has 2 aromatic heterocycles. The van der Waals surface area contributed by atoms with Crippen LogP contribution in [0.2, 0.25) is 0 Å². The molecule has 0 radical (unpaired) electrons. The summed E-state index contributed by atoms with van der Waals surface area (Å²) in [5.41, 5.74) is 4.74. The van der Waals surface area contributed by atoms with Gasteiger partial charge in [-0.1, -0.05) is 29.5 Å². The van der Waals surface area contributed by atoms with Gasteiger partial charge in [0.1, 0.15) is 17.6 Å². The van der Waals surface area contributed by atoms with Crippen LogP contribution in [-0.2, 0) is 9.53 Å². The van der Waals surface area contributed by atoms with Gasteiger partial charge in [0.2, 0.25) is 0 Å². The number of rotatable bonds is 6. The van der Waals surface area contributed by atoms with Gasteiger partial charge in [0.25, 0.3) is 5.56 Å². The molecule has 1 aliphatic heterocycles. The molecular weight excluding hydrogens is 517 g/mol. The summed E-state index contributed by atoms with van der Waals surface area (Å²) >= 11 is 1.26. The number of aromatic nitrogens is 2. The Morgan fingerprint density at radius 1 is 1.13 bits per heavy atom. The van der Waals surface area contributed by atoms with Crippen LogP contribution in [0.1, 0.15) is 42.4 Å². The minimum absolute atomic E-state index is 0.197. The second-order valence-electron chi connectivity index (χ2n) is 9.18. The number of halogens is 1. The Bertz CT molecular complexity index is 1790. The number of methoxy groups -OCH3 is 1. The lowest BCUT2D eigenvalue weighted by atomic mass is 9.95. The highest BCUT2D eigenvalue weighted by Crippen LogP contribution is 2.35. The third-order valence-electron chi connectivity index (χ3n) is 6.79. The van der Waals surface area contributed by atoms with Crippen LogP contribution in [-0.4, -0.2) is 28.8 Å². The molecule has 0 bridgehead atoms. The van der Waals surface area contributed by atoms with Gasteiger partial charge in [-0.2, -0.15) is 0 Å². The standard InChI is InChI=1S/C30H28FN3O4S/c1-6-38-29(36)26-18(3)32-30-34(27(26)23-9-7-8-10-24(23)37-5)28(35)25(39-30)16-20-15-17(2)33(19(20)4)22-13-11-21(31)12-14-22/h7-16,27H,6H2,1-5H3/t27-/m1/s1. The number of carbonyl (C=O) groups is 1. The van der Waals surface area contributed by atoms with Crippen LogP contribution in [0, 0.1) is 19.7 Å². The lowest BCUT2D eigenvalue weighted by molar-refractivity contribution is -0.139. The molecule has 9 heteroatoms. The number of hydrogen-bond donors (Lipinski definition) is 0. The monoisotopic (exact) mass is 545 g/mol. The van der Waals surface area contributed by atoms with E-state index in [1.165, 1.54) is 23.5 Å². The van der Waals surface area contributed by atoms with Gasteiger partial charge in [0.05, 0.1) is 29.5 Å². The summed E-state index contributed by atoms with van der Waals surface area (Å²) in [4.78, 5) is 32.2. The molecule has 2 aromatic carbocycles. The predicted octanol–water partition coefficient (Wildman–Crippen LogP) is 4.35. The van der Waals surface area contributed by atoms with E-state index in [0.29, 0.717) is 31.9 Å². The number of nitrogens with zero attached hydrogens (tertiary/aromatic N) is 3. The summed E-state index contributed by atoms with van der Waals surface area (Å²) in [6.45, 7) is 7.61. The quantitative estimate of drug-likeness (QED) is 0.338. The summed E-state index contributed by atoms with van der Waals surface area (Å²) in [5.74, 6) is -0.271. The van der Waals surface area contributed by atoms with Crippen LogP contribution in [0.4, 0.5) is 4.39 Å². The molecular formula is C30H28FN3O4S. The molecule has 5 rings (SSSR count). The van der Waals surface area contributed by atoms with Crippen molar-refractivity contribution < 1.29 is 18.7 Å². The molecule has 7 nitrogen and oxygen atoms in total. The van der Waals surface area contributed by atoms with Crippen LogP contribution < -0.4 is 19.6 Å². The second kappa shape index (κ2) is 10.5. The number of para-hydroxylation sites is 1. The maximum absolute atomic E-state index is 14.0. The van der Waals surface area contributed by atoms with Gasteiger partial charge in [-0.3, -0.25) is 9.36 Å². The number of esters is 1. The Hall–Kier alpha value is -4.24. The minimum atomic E-state index is -0.759. The summed E-state index contributed by atoms with van der Waals surface area (Å²) in [6.07, 6.45) is 1.84. The van der Waals surface area contributed by atoms with Gasteiger partial charge in [-0.05, 0) is 75.7 Å². The first kappa shape index (κ1) is 26.4. The molecule has 0 amide bonds. The van der Waals surface area contributed by atoms with Gasteiger partial charge < -0.3 is 14.0 Å². The van der Waals surface area contributed by atoms with E-state index in [-0.39, 0.29) is 18.0 Å². The van der Waals surface area contributed by atoms with Crippen molar-refractivity contribution in [2.45, 2.75) is 33.7 Å². The van der Waals surface area contributed by atoms with E-state index in [1.807, 2.05) is 48.8 Å². The number of benzene rings is 2. The number of fused-ring (bicyclic) bond motifs is 1. The number of ether oxygens (including phenoxy) is 2. The fourth-order valence-electron chi connectivity index (χ4n) is 5.04. The van der Waals surface area contributed by atoms with E-state index >= 15 is 0 Å². The molecule has 0 saturated carbocycles. The lowest BCUT2D eigenvalue weighted by Crippen LogP contribution is -2.40. The summed E-state index contributed by atoms with van der Waals surface area (Å²) < 4.78 is 28.5. The second-order valence-corrected chi connectivity index (χ2v) is 10.2. The zero-order valence-electron chi connectivity index (χ0n) is 22.3. The Balaban J connectivity index is 1.71. The first-order valence-corrected chi connectivity index (χ1v) is 13.3. The predicted molar refractivity (Wildman–Crippen MR) is 149 cm³/mol. The van der Waals surface area contributed by atoms with Gasteiger partial charge in [-0.15, -0.1) is 0 Å². The molecule has 0 aliphatic carbocycles. The van der Waals surface area contributed by atoms with Crippen molar-refractivity contribution in [2.75, 3.05) is 13.7 Å². The first-order chi connectivity index (χ1) is 18.7. The van der Waals surface area contributed by atoms with Crippen LogP contribution in [0.3, 0.4) is 0 Å². The van der Waals surface area contributed by atoms with Crippen LogP contribution in [0.5, 0.6) is 5.75 Å². The smallest absolute Gasteiger partial charge is 0.338 e. The van der Waals surface area contributed by atoms with Crippen molar-refractivity contribution in [1.82, 2.24) is 9.13 Å². The van der Waals surface area contributed by atoms with E-state index in [4.69, 9.17) is 9.47 Å². The summed E-state index contributed by atoms with van der Waals surface area (Å²) in [5, 5.41) is 0. The topological polar surface area (TPSA) is 74.8 Å². The van der Waals surface area contributed by atoms with Crippen molar-refractivity contribution in [3.05, 3.63) is 114 Å². The van der Waals surface area contributed by atoms with E-state index in [0.717, 1.165) is 22.6 Å². The molecule has 1 aliphatic rings. The van der Waals surface area contributed by atoms with E-state index in [1.54, 1.807) is 43.7 Å². The number of allylic oxidation sites excluding steroid dienone is 1. The van der Waals surface area contributed by atoms with E-state index in [2.05, 4.69) is 4.99 Å². The van der Waals surface area contributed by atoms with Crippen LogP contribution in [0.25, 0.3) is 11.8 Å². The molecule has 39 heavy (non-hydrogen) atoms. The van der Waals surface area contributed by atoms with Crippen LogP contribution >= 0.6 is 11.3 Å². The summed E-state index contributed by atoms with van der Waals surface area (Å²) in [7, 11) is 1.56. The first-order valence-electron chi connectivity index (χ1n) is 12.5. The number of carbonyl (C=O) groups excluding carboxylic acids is 1. The molecule has 200 valence electrons. The Morgan fingerprint density at radius 3 is 2.54 bits per heavy atom. The highest BCUT2D eigenvalue weighted by Gasteiger charge is 2.35. The molecule has 4 aromatic rings. The molecule has 0 unspecified atom stereocenters. The van der Waals surface area contributed by atoms with Crippen molar-refractivity contribution in [2.24, 2.45) is 4.99 Å². The fourth-order valence-corrected chi connectivity index (χ4v) is 6.08. The lowest BCUT2D eigenvalue weighted by Gasteiger charge is -2.25. The molecule has 1 atom stereocenters. The molecule has 0 fully saturated rings. The molecule has 3 heterocycles. The average Bonchev–Trinajstić information content (AvgIpc) is 3.37. The average molecular weight is 546 g/mol. The van der Waals surface area contributed by atoms with E-state index < -0.39 is 12.0 Å². The zero-order valence-corrected chi connectivity index (χ0v) is 23.1. The number of thiazole rings is 1. The maximum Gasteiger partial charge on any atom is 0.338 e. The Morgan fingerprint density at radius 2 is 1.85 bits per heavy atom. The summed E-state index contributed by atoms with van der Waals surface area (Å²) in [6, 6.07) is 14.8. The maximum atomic E-state index is 14.0.